The van der Waals surface area contributed by atoms with Crippen molar-refractivity contribution < 1.29 is 5.11 Å². The molecule has 9 heavy (non-hydrogen) atoms. The lowest BCUT2D eigenvalue weighted by Crippen LogP contribution is -2.40. The van der Waals surface area contributed by atoms with E-state index in [0.717, 1.165) is 19.5 Å². The standard InChI is InChI=1S/C6H14N2O/c1-7-4-6(9)2-3-8-5-6/h7-9H,2-5H2,1H3. The van der Waals surface area contributed by atoms with Gasteiger partial charge in [0.15, 0.2) is 0 Å². The summed E-state index contributed by atoms with van der Waals surface area (Å²) in [5.74, 6) is 0. The Morgan fingerprint density at radius 3 is 3.00 bits per heavy atom. The second-order valence-corrected chi connectivity index (χ2v) is 2.68. The highest BCUT2D eigenvalue weighted by atomic mass is 16.3. The number of hydrogen-bond acceptors (Lipinski definition) is 3. The van der Waals surface area contributed by atoms with Crippen molar-refractivity contribution in [1.82, 2.24) is 10.6 Å². The lowest BCUT2D eigenvalue weighted by Gasteiger charge is -2.19. The third-order valence-electron chi connectivity index (χ3n) is 1.73. The molecule has 0 amide bonds. The number of aliphatic hydroxyl groups is 1. The molecule has 0 bridgehead atoms. The largest absolute Gasteiger partial charge is 0.387 e. The molecule has 1 rings (SSSR count). The number of β-amino-alcohol motifs (C(OH)–C–C–N with tert-alkyl or cyclic N) is 1. The SMILES string of the molecule is CNCC1(O)CCNC1. The van der Waals surface area contributed by atoms with Gasteiger partial charge in [0, 0.05) is 13.1 Å². The maximum absolute atomic E-state index is 9.57. The van der Waals surface area contributed by atoms with E-state index >= 15 is 0 Å². The highest BCUT2D eigenvalue weighted by Crippen LogP contribution is 2.11. The minimum Gasteiger partial charge on any atom is -0.387 e. The van der Waals surface area contributed by atoms with Crippen LogP contribution in [0.25, 0.3) is 0 Å². The minimum absolute atomic E-state index is 0.477. The van der Waals surface area contributed by atoms with Crippen LogP contribution in [0.1, 0.15) is 6.42 Å². The van der Waals surface area contributed by atoms with Crippen molar-refractivity contribution in [2.24, 2.45) is 0 Å². The smallest absolute Gasteiger partial charge is 0.0907 e. The Morgan fingerprint density at radius 1 is 1.78 bits per heavy atom. The first kappa shape index (κ1) is 6.99. The Bertz CT molecular complexity index is 89.1. The summed E-state index contributed by atoms with van der Waals surface area (Å²) in [5.41, 5.74) is -0.477. The van der Waals surface area contributed by atoms with Crippen LogP contribution in [0, 0.1) is 0 Å². The van der Waals surface area contributed by atoms with Gasteiger partial charge < -0.3 is 15.7 Å². The predicted molar refractivity (Wildman–Crippen MR) is 36.4 cm³/mol. The Balaban J connectivity index is 2.32. The van der Waals surface area contributed by atoms with E-state index in [4.69, 9.17) is 0 Å². The fourth-order valence-corrected chi connectivity index (χ4v) is 1.21. The van der Waals surface area contributed by atoms with Crippen LogP contribution in [0.5, 0.6) is 0 Å². The fraction of sp³-hybridized carbons (Fsp3) is 1.00. The first-order valence-electron chi connectivity index (χ1n) is 3.34. The molecule has 1 heterocycles. The van der Waals surface area contributed by atoms with E-state index in [9.17, 15) is 5.11 Å². The molecule has 0 aliphatic carbocycles. The summed E-state index contributed by atoms with van der Waals surface area (Å²) in [6.45, 7) is 2.37. The molecule has 1 saturated heterocycles. The van der Waals surface area contributed by atoms with Crippen molar-refractivity contribution >= 4 is 0 Å². The van der Waals surface area contributed by atoms with Gasteiger partial charge in [0.05, 0.1) is 5.60 Å². The van der Waals surface area contributed by atoms with Gasteiger partial charge in [0.2, 0.25) is 0 Å². The number of likely N-dealkylation sites (N-methyl/N-ethyl adjacent to an activating group) is 1. The normalized spacial score (nSPS) is 35.3. The Hall–Kier alpha value is -0.120. The topological polar surface area (TPSA) is 44.3 Å². The minimum atomic E-state index is -0.477. The molecule has 0 aromatic heterocycles. The highest BCUT2D eigenvalue weighted by molar-refractivity contribution is 4.88. The predicted octanol–water partition coefficient (Wildman–Crippen LogP) is -1.07. The van der Waals surface area contributed by atoms with Crippen LogP contribution in [0.4, 0.5) is 0 Å². The number of hydrogen-bond donors (Lipinski definition) is 3. The van der Waals surface area contributed by atoms with Gasteiger partial charge in [-0.05, 0) is 20.0 Å². The molecule has 1 aliphatic rings. The van der Waals surface area contributed by atoms with Gasteiger partial charge in [0.1, 0.15) is 0 Å². The van der Waals surface area contributed by atoms with Gasteiger partial charge in [-0.3, -0.25) is 0 Å². The molecule has 1 unspecified atom stereocenters. The first-order chi connectivity index (χ1) is 4.27. The van der Waals surface area contributed by atoms with E-state index in [1.807, 2.05) is 7.05 Å². The van der Waals surface area contributed by atoms with Crippen molar-refractivity contribution in [3.8, 4) is 0 Å². The summed E-state index contributed by atoms with van der Waals surface area (Å²) >= 11 is 0. The van der Waals surface area contributed by atoms with Gasteiger partial charge >= 0.3 is 0 Å². The zero-order chi connectivity index (χ0) is 6.74. The van der Waals surface area contributed by atoms with Crippen LogP contribution >= 0.6 is 0 Å². The first-order valence-corrected chi connectivity index (χ1v) is 3.34. The van der Waals surface area contributed by atoms with Crippen molar-refractivity contribution in [2.45, 2.75) is 12.0 Å². The van der Waals surface area contributed by atoms with E-state index in [1.54, 1.807) is 0 Å². The molecule has 54 valence electrons. The van der Waals surface area contributed by atoms with E-state index in [1.165, 1.54) is 0 Å². The fourth-order valence-electron chi connectivity index (χ4n) is 1.21. The molecule has 0 saturated carbocycles. The molecule has 0 radical (unpaired) electrons. The van der Waals surface area contributed by atoms with Gasteiger partial charge in [-0.15, -0.1) is 0 Å². The summed E-state index contributed by atoms with van der Waals surface area (Å²) in [6.07, 6.45) is 0.869. The van der Waals surface area contributed by atoms with Gasteiger partial charge in [-0.2, -0.15) is 0 Å². The second-order valence-electron chi connectivity index (χ2n) is 2.68. The maximum Gasteiger partial charge on any atom is 0.0907 e. The van der Waals surface area contributed by atoms with Crippen molar-refractivity contribution in [1.29, 1.82) is 0 Å². The molecular weight excluding hydrogens is 116 g/mol. The molecule has 1 atom stereocenters. The third kappa shape index (κ3) is 1.64. The molecule has 0 aromatic rings. The van der Waals surface area contributed by atoms with Crippen LogP contribution < -0.4 is 10.6 Å². The van der Waals surface area contributed by atoms with E-state index in [2.05, 4.69) is 10.6 Å². The highest BCUT2D eigenvalue weighted by Gasteiger charge is 2.29. The third-order valence-corrected chi connectivity index (χ3v) is 1.73. The summed E-state index contributed by atoms with van der Waals surface area (Å²) in [7, 11) is 1.86. The summed E-state index contributed by atoms with van der Waals surface area (Å²) in [4.78, 5) is 0. The second kappa shape index (κ2) is 2.64. The summed E-state index contributed by atoms with van der Waals surface area (Å²) < 4.78 is 0. The molecule has 3 N–H and O–H groups in total. The number of rotatable bonds is 2. The summed E-state index contributed by atoms with van der Waals surface area (Å²) in [6, 6.07) is 0. The van der Waals surface area contributed by atoms with E-state index in [-0.39, 0.29) is 0 Å². The molecular formula is C6H14N2O. The molecule has 0 spiro atoms. The maximum atomic E-state index is 9.57. The lowest BCUT2D eigenvalue weighted by atomic mass is 10.0. The van der Waals surface area contributed by atoms with Crippen molar-refractivity contribution in [3.63, 3.8) is 0 Å². The average Bonchev–Trinajstić information content (AvgIpc) is 2.16. The zero-order valence-corrected chi connectivity index (χ0v) is 5.78. The summed E-state index contributed by atoms with van der Waals surface area (Å²) in [5, 5.41) is 15.6. The van der Waals surface area contributed by atoms with Crippen LogP contribution in [0.15, 0.2) is 0 Å². The number of nitrogens with one attached hydrogen (secondary N) is 2. The van der Waals surface area contributed by atoms with Crippen LogP contribution in [0.2, 0.25) is 0 Å². The van der Waals surface area contributed by atoms with E-state index in [0.29, 0.717) is 6.54 Å². The Morgan fingerprint density at radius 2 is 2.56 bits per heavy atom. The van der Waals surface area contributed by atoms with Gasteiger partial charge in [0.25, 0.3) is 0 Å². The Kier molecular flexibility index (Phi) is 2.05. The van der Waals surface area contributed by atoms with Gasteiger partial charge in [-0.1, -0.05) is 0 Å². The van der Waals surface area contributed by atoms with Crippen LogP contribution in [-0.4, -0.2) is 37.4 Å². The van der Waals surface area contributed by atoms with E-state index < -0.39 is 5.60 Å². The van der Waals surface area contributed by atoms with Crippen LogP contribution in [0.3, 0.4) is 0 Å². The molecule has 3 nitrogen and oxygen atoms in total. The monoisotopic (exact) mass is 130 g/mol. The molecule has 1 aliphatic heterocycles. The molecule has 0 aromatic carbocycles. The average molecular weight is 130 g/mol. The van der Waals surface area contributed by atoms with Crippen LogP contribution in [-0.2, 0) is 0 Å². The lowest BCUT2D eigenvalue weighted by molar-refractivity contribution is 0.0633. The molecule has 3 heteroatoms. The Labute approximate surface area is 55.5 Å². The van der Waals surface area contributed by atoms with Crippen molar-refractivity contribution in [2.75, 3.05) is 26.7 Å². The van der Waals surface area contributed by atoms with Crippen molar-refractivity contribution in [3.05, 3.63) is 0 Å². The van der Waals surface area contributed by atoms with Gasteiger partial charge in [-0.25, -0.2) is 0 Å². The quantitative estimate of drug-likeness (QED) is 0.446. The molecule has 1 fully saturated rings. The zero-order valence-electron chi connectivity index (χ0n) is 5.78.